The molecule has 4 atom stereocenters. The molecule has 1 saturated carbocycles. The highest BCUT2D eigenvalue weighted by Crippen LogP contribution is 2.32. The number of hydrogen-bond donors (Lipinski definition) is 1. The van der Waals surface area contributed by atoms with Crippen molar-refractivity contribution in [3.05, 3.63) is 11.8 Å². The fourth-order valence-electron chi connectivity index (χ4n) is 4.92. The Bertz CT molecular complexity index is 500. The summed E-state index contributed by atoms with van der Waals surface area (Å²) in [7, 11) is 1.53. The van der Waals surface area contributed by atoms with Crippen LogP contribution in [0, 0.1) is 5.92 Å². The number of allylic oxidation sites excluding steroid dienone is 1. The van der Waals surface area contributed by atoms with E-state index in [0.29, 0.717) is 12.3 Å². The van der Waals surface area contributed by atoms with E-state index in [1.807, 2.05) is 6.08 Å². The van der Waals surface area contributed by atoms with Crippen molar-refractivity contribution in [1.82, 2.24) is 9.80 Å². The van der Waals surface area contributed by atoms with Crippen molar-refractivity contribution in [1.29, 1.82) is 0 Å². The lowest BCUT2D eigenvalue weighted by atomic mass is 9.87. The molecule has 2 fully saturated rings. The SMILES string of the molecule is COC1C=C(N2CCN(C(O)C3CCCCC3)[C@H](C)C2)CCC1OC(F)F. The molecule has 27 heavy (non-hydrogen) atoms. The first-order valence-corrected chi connectivity index (χ1v) is 10.4. The predicted molar refractivity (Wildman–Crippen MR) is 99.3 cm³/mol. The molecule has 0 radical (unpaired) electrons. The lowest BCUT2D eigenvalue weighted by Gasteiger charge is -2.47. The summed E-state index contributed by atoms with van der Waals surface area (Å²) >= 11 is 0. The van der Waals surface area contributed by atoms with E-state index in [2.05, 4.69) is 16.7 Å². The molecule has 156 valence electrons. The maximum atomic E-state index is 12.6. The molecule has 0 aromatic rings. The maximum absolute atomic E-state index is 12.6. The van der Waals surface area contributed by atoms with E-state index < -0.39 is 18.8 Å². The Labute approximate surface area is 161 Å². The zero-order valence-electron chi connectivity index (χ0n) is 16.5. The topological polar surface area (TPSA) is 45.2 Å². The summed E-state index contributed by atoms with van der Waals surface area (Å²) in [4.78, 5) is 4.56. The standard InChI is InChI=1S/C20H34F2N2O3/c1-14-13-23(10-11-24(14)19(25)15-6-4-3-5-7-15)16-8-9-17(27-20(21)22)18(12-16)26-2/h12,14-15,17-20,25H,3-11,13H2,1-2H3/t14-,17?,18?,19?/m1/s1. The Balaban J connectivity index is 1.58. The summed E-state index contributed by atoms with van der Waals surface area (Å²) in [5.74, 6) is 0.395. The molecule has 3 aliphatic rings. The average Bonchev–Trinajstić information content (AvgIpc) is 2.68. The lowest BCUT2D eigenvalue weighted by Crippen LogP contribution is -2.57. The number of hydrogen-bond acceptors (Lipinski definition) is 5. The number of ether oxygens (including phenoxy) is 2. The van der Waals surface area contributed by atoms with Gasteiger partial charge < -0.3 is 19.5 Å². The minimum atomic E-state index is -2.77. The van der Waals surface area contributed by atoms with Gasteiger partial charge in [-0.1, -0.05) is 19.3 Å². The zero-order valence-corrected chi connectivity index (χ0v) is 16.5. The Morgan fingerprint density at radius 3 is 2.52 bits per heavy atom. The molecule has 0 amide bonds. The van der Waals surface area contributed by atoms with Gasteiger partial charge in [0.2, 0.25) is 0 Å². The monoisotopic (exact) mass is 388 g/mol. The third-order valence-corrected chi connectivity index (χ3v) is 6.45. The van der Waals surface area contributed by atoms with Crippen LogP contribution in [0.25, 0.3) is 0 Å². The van der Waals surface area contributed by atoms with Gasteiger partial charge in [0.1, 0.15) is 12.3 Å². The summed E-state index contributed by atoms with van der Waals surface area (Å²) in [5, 5.41) is 10.8. The number of alkyl halides is 2. The molecule has 1 N–H and O–H groups in total. The molecular weight excluding hydrogens is 354 g/mol. The number of halogens is 2. The molecule has 1 saturated heterocycles. The van der Waals surface area contributed by atoms with Crippen molar-refractivity contribution in [2.75, 3.05) is 26.7 Å². The molecule has 1 aliphatic heterocycles. The van der Waals surface area contributed by atoms with Crippen LogP contribution in [0.15, 0.2) is 11.8 Å². The predicted octanol–water partition coefficient (Wildman–Crippen LogP) is 3.19. The largest absolute Gasteiger partial charge is 0.378 e. The van der Waals surface area contributed by atoms with Crippen molar-refractivity contribution in [2.24, 2.45) is 5.92 Å². The fourth-order valence-corrected chi connectivity index (χ4v) is 4.92. The van der Waals surface area contributed by atoms with Crippen molar-refractivity contribution in [3.63, 3.8) is 0 Å². The van der Waals surface area contributed by atoms with Gasteiger partial charge in [-0.25, -0.2) is 0 Å². The van der Waals surface area contributed by atoms with E-state index >= 15 is 0 Å². The van der Waals surface area contributed by atoms with Crippen molar-refractivity contribution in [2.45, 2.75) is 83.0 Å². The number of rotatable bonds is 6. The molecule has 7 heteroatoms. The molecule has 1 heterocycles. The van der Waals surface area contributed by atoms with Crippen LogP contribution in [-0.4, -0.2) is 72.7 Å². The van der Waals surface area contributed by atoms with Gasteiger partial charge in [-0.05, 0) is 44.6 Å². The van der Waals surface area contributed by atoms with Crippen LogP contribution in [0.3, 0.4) is 0 Å². The fraction of sp³-hybridized carbons (Fsp3) is 0.900. The molecule has 0 aromatic carbocycles. The van der Waals surface area contributed by atoms with Crippen LogP contribution in [0.5, 0.6) is 0 Å². The Morgan fingerprint density at radius 2 is 1.89 bits per heavy atom. The van der Waals surface area contributed by atoms with Crippen LogP contribution in [0.1, 0.15) is 51.9 Å². The molecule has 2 aliphatic carbocycles. The van der Waals surface area contributed by atoms with E-state index in [9.17, 15) is 13.9 Å². The minimum Gasteiger partial charge on any atom is -0.378 e. The Hall–Kier alpha value is -0.760. The highest BCUT2D eigenvalue weighted by atomic mass is 19.3. The first kappa shape index (κ1) is 21.0. The minimum absolute atomic E-state index is 0.257. The highest BCUT2D eigenvalue weighted by molar-refractivity contribution is 5.12. The van der Waals surface area contributed by atoms with Gasteiger partial charge in [0, 0.05) is 38.5 Å². The number of methoxy groups -OCH3 is 1. The number of nitrogens with zero attached hydrogens (tertiary/aromatic N) is 2. The summed E-state index contributed by atoms with van der Waals surface area (Å²) in [6.45, 7) is 1.90. The van der Waals surface area contributed by atoms with Crippen LogP contribution >= 0.6 is 0 Å². The maximum Gasteiger partial charge on any atom is 0.345 e. The van der Waals surface area contributed by atoms with Crippen molar-refractivity contribution >= 4 is 0 Å². The van der Waals surface area contributed by atoms with Gasteiger partial charge in [-0.2, -0.15) is 8.78 Å². The second-order valence-corrected chi connectivity index (χ2v) is 8.18. The van der Waals surface area contributed by atoms with Crippen LogP contribution in [0.4, 0.5) is 8.78 Å². The van der Waals surface area contributed by atoms with E-state index in [-0.39, 0.29) is 12.3 Å². The second kappa shape index (κ2) is 9.63. The van der Waals surface area contributed by atoms with Gasteiger partial charge in [-0.15, -0.1) is 0 Å². The summed E-state index contributed by atoms with van der Waals surface area (Å²) in [6, 6.07) is 0.257. The number of piperazine rings is 1. The zero-order chi connectivity index (χ0) is 19.4. The van der Waals surface area contributed by atoms with Crippen molar-refractivity contribution < 1.29 is 23.4 Å². The third-order valence-electron chi connectivity index (χ3n) is 6.45. The van der Waals surface area contributed by atoms with Gasteiger partial charge in [0.05, 0.1) is 6.10 Å². The lowest BCUT2D eigenvalue weighted by molar-refractivity contribution is -0.188. The Morgan fingerprint density at radius 1 is 1.15 bits per heavy atom. The molecule has 0 aromatic heterocycles. The molecule has 5 nitrogen and oxygen atoms in total. The van der Waals surface area contributed by atoms with Crippen LogP contribution in [-0.2, 0) is 9.47 Å². The van der Waals surface area contributed by atoms with Gasteiger partial charge in [0.25, 0.3) is 0 Å². The van der Waals surface area contributed by atoms with Gasteiger partial charge in [0.15, 0.2) is 0 Å². The quantitative estimate of drug-likeness (QED) is 0.757. The van der Waals surface area contributed by atoms with Gasteiger partial charge >= 0.3 is 6.61 Å². The van der Waals surface area contributed by atoms with Crippen LogP contribution in [0.2, 0.25) is 0 Å². The number of aliphatic hydroxyl groups excluding tert-OH is 1. The highest BCUT2D eigenvalue weighted by Gasteiger charge is 2.35. The normalized spacial score (nSPS) is 32.6. The second-order valence-electron chi connectivity index (χ2n) is 8.18. The van der Waals surface area contributed by atoms with Gasteiger partial charge in [-0.3, -0.25) is 4.90 Å². The smallest absolute Gasteiger partial charge is 0.345 e. The summed E-state index contributed by atoms with van der Waals surface area (Å²) in [6.07, 6.45) is 7.80. The summed E-state index contributed by atoms with van der Waals surface area (Å²) < 4.78 is 35.2. The average molecular weight is 388 g/mol. The van der Waals surface area contributed by atoms with E-state index in [4.69, 9.17) is 9.47 Å². The van der Waals surface area contributed by atoms with Crippen LogP contribution < -0.4 is 0 Å². The molecule has 3 rings (SSSR count). The molecule has 3 unspecified atom stereocenters. The first-order chi connectivity index (χ1) is 13.0. The molecule has 0 bridgehead atoms. The molecular formula is C20H34F2N2O3. The number of aliphatic hydroxyl groups is 1. The van der Waals surface area contributed by atoms with E-state index in [1.54, 1.807) is 0 Å². The first-order valence-electron chi connectivity index (χ1n) is 10.4. The van der Waals surface area contributed by atoms with Crippen molar-refractivity contribution in [3.8, 4) is 0 Å². The van der Waals surface area contributed by atoms with E-state index in [1.165, 1.54) is 26.4 Å². The molecule has 0 spiro atoms. The third kappa shape index (κ3) is 5.19. The Kier molecular flexibility index (Phi) is 7.48. The summed E-state index contributed by atoms with van der Waals surface area (Å²) in [5.41, 5.74) is 1.15. The van der Waals surface area contributed by atoms with E-state index in [0.717, 1.165) is 44.6 Å².